The van der Waals surface area contributed by atoms with E-state index in [4.69, 9.17) is 15.9 Å². The Labute approximate surface area is 180 Å². The number of carbonyl (C=O) groups excluding carboxylic acids is 1. The third-order valence-corrected chi connectivity index (χ3v) is 6.29. The van der Waals surface area contributed by atoms with Gasteiger partial charge in [-0.25, -0.2) is 14.1 Å². The summed E-state index contributed by atoms with van der Waals surface area (Å²) in [4.78, 5) is 18.7. The second-order valence-electron chi connectivity index (χ2n) is 8.24. The molecule has 8 heteroatoms. The van der Waals surface area contributed by atoms with Gasteiger partial charge in [-0.3, -0.25) is 4.98 Å². The zero-order valence-electron chi connectivity index (χ0n) is 17.9. The van der Waals surface area contributed by atoms with E-state index in [0.29, 0.717) is 10.8 Å². The highest BCUT2D eigenvalue weighted by Crippen LogP contribution is 2.40. The topological polar surface area (TPSA) is 114 Å². The summed E-state index contributed by atoms with van der Waals surface area (Å²) >= 11 is 0. The monoisotopic (exact) mass is 429 g/mol. The SMILES string of the molecule is CC1CCc2c1nc1c(c2NC(N)=O)CCC1.CN(C)Cc1ccc(S(N)=O)cc1. The second kappa shape index (κ2) is 9.68. The Kier molecular flexibility index (Phi) is 7.23. The number of hydrogen-bond donors (Lipinski definition) is 3. The van der Waals surface area contributed by atoms with Gasteiger partial charge in [0, 0.05) is 17.9 Å². The molecule has 0 bridgehead atoms. The molecule has 1 aromatic carbocycles. The van der Waals surface area contributed by atoms with E-state index in [9.17, 15) is 9.00 Å². The van der Waals surface area contributed by atoms with Crippen molar-refractivity contribution in [3.05, 3.63) is 52.3 Å². The normalized spacial score (nSPS) is 17.7. The van der Waals surface area contributed by atoms with E-state index in [1.165, 1.54) is 28.1 Å². The summed E-state index contributed by atoms with van der Waals surface area (Å²) in [6, 6.07) is 7.02. The van der Waals surface area contributed by atoms with Gasteiger partial charge in [0.2, 0.25) is 0 Å². The maximum absolute atomic E-state index is 11.1. The van der Waals surface area contributed by atoms with Crippen LogP contribution in [0, 0.1) is 0 Å². The van der Waals surface area contributed by atoms with Gasteiger partial charge in [0.25, 0.3) is 0 Å². The van der Waals surface area contributed by atoms with Gasteiger partial charge in [0.1, 0.15) is 11.0 Å². The molecule has 1 aromatic heterocycles. The molecule has 1 heterocycles. The molecule has 0 saturated carbocycles. The number of aryl methyl sites for hydroxylation is 1. The summed E-state index contributed by atoms with van der Waals surface area (Å²) < 4.78 is 10.9. The molecule has 2 amide bonds. The summed E-state index contributed by atoms with van der Waals surface area (Å²) in [6.45, 7) is 3.09. The first-order valence-corrected chi connectivity index (χ1v) is 11.5. The average molecular weight is 430 g/mol. The molecule has 0 radical (unpaired) electrons. The highest BCUT2D eigenvalue weighted by atomic mass is 32.2. The lowest BCUT2D eigenvalue weighted by atomic mass is 10.0. The number of anilines is 1. The van der Waals surface area contributed by atoms with Crippen molar-refractivity contribution in [2.75, 3.05) is 19.4 Å². The maximum atomic E-state index is 11.1. The van der Waals surface area contributed by atoms with Crippen molar-refractivity contribution in [1.29, 1.82) is 0 Å². The molecule has 7 nitrogen and oxygen atoms in total. The molecule has 0 fully saturated rings. The van der Waals surface area contributed by atoms with Gasteiger partial charge in [-0.2, -0.15) is 0 Å². The van der Waals surface area contributed by atoms with Crippen molar-refractivity contribution >= 4 is 22.7 Å². The van der Waals surface area contributed by atoms with Gasteiger partial charge in [-0.15, -0.1) is 0 Å². The zero-order valence-corrected chi connectivity index (χ0v) is 18.7. The molecule has 5 N–H and O–H groups in total. The van der Waals surface area contributed by atoms with Gasteiger partial charge in [0.15, 0.2) is 0 Å². The fraction of sp³-hybridized carbons (Fsp3) is 0.455. The fourth-order valence-corrected chi connectivity index (χ4v) is 4.57. The summed E-state index contributed by atoms with van der Waals surface area (Å²) in [5.41, 5.74) is 12.2. The Morgan fingerprint density at radius 1 is 1.20 bits per heavy atom. The van der Waals surface area contributed by atoms with Crippen LogP contribution in [0.1, 0.15) is 53.8 Å². The Morgan fingerprint density at radius 3 is 2.50 bits per heavy atom. The number of aromatic nitrogens is 1. The molecular formula is C22H31N5O2S. The molecule has 2 aromatic rings. The van der Waals surface area contributed by atoms with Crippen molar-refractivity contribution in [3.63, 3.8) is 0 Å². The largest absolute Gasteiger partial charge is 0.351 e. The lowest BCUT2D eigenvalue weighted by molar-refractivity contribution is 0.259. The van der Waals surface area contributed by atoms with Crippen molar-refractivity contribution in [1.82, 2.24) is 9.88 Å². The molecule has 0 aliphatic heterocycles. The molecule has 2 atom stereocenters. The number of pyridine rings is 1. The smallest absolute Gasteiger partial charge is 0.316 e. The molecule has 0 spiro atoms. The number of hydrogen-bond acceptors (Lipinski definition) is 4. The molecule has 2 aliphatic carbocycles. The van der Waals surface area contributed by atoms with Crippen LogP contribution < -0.4 is 16.2 Å². The number of urea groups is 1. The summed E-state index contributed by atoms with van der Waals surface area (Å²) in [7, 11) is 2.65. The number of fused-ring (bicyclic) bond motifs is 2. The van der Waals surface area contributed by atoms with Gasteiger partial charge in [-0.05, 0) is 80.9 Å². The van der Waals surface area contributed by atoms with E-state index in [0.717, 1.165) is 44.3 Å². The number of nitrogens with two attached hydrogens (primary N) is 2. The first-order chi connectivity index (χ1) is 14.3. The minimum absolute atomic E-state index is 0.466. The summed E-state index contributed by atoms with van der Waals surface area (Å²) in [5.74, 6) is 0.504. The van der Waals surface area contributed by atoms with Gasteiger partial charge in [0.05, 0.1) is 10.6 Å². The third-order valence-electron chi connectivity index (χ3n) is 5.55. The van der Waals surface area contributed by atoms with E-state index in [1.807, 2.05) is 26.2 Å². The quantitative estimate of drug-likeness (QED) is 0.693. The lowest BCUT2D eigenvalue weighted by Gasteiger charge is -2.14. The van der Waals surface area contributed by atoms with Crippen LogP contribution in [0.2, 0.25) is 0 Å². The van der Waals surface area contributed by atoms with E-state index < -0.39 is 17.0 Å². The third kappa shape index (κ3) is 5.24. The van der Waals surface area contributed by atoms with Crippen molar-refractivity contribution in [3.8, 4) is 0 Å². The highest BCUT2D eigenvalue weighted by molar-refractivity contribution is 7.82. The molecule has 162 valence electrons. The second-order valence-corrected chi connectivity index (χ2v) is 9.30. The number of primary amides is 1. The number of nitrogens with one attached hydrogen (secondary N) is 1. The standard InChI is InChI=1S/C13H17N3O.C9H14N2OS/c1-7-5-6-9-11(7)15-10-4-2-3-8(10)12(9)16-13(14)17;1-11(2)7-8-3-5-9(6-4-8)13(10)12/h7H,2-6H2,1H3,(H3,14,15,16,17);3-6H,7,10H2,1-2H3. The minimum Gasteiger partial charge on any atom is -0.351 e. The van der Waals surface area contributed by atoms with Gasteiger partial charge in [-0.1, -0.05) is 19.1 Å². The number of carbonyl (C=O) groups is 1. The molecule has 2 unspecified atom stereocenters. The summed E-state index contributed by atoms with van der Waals surface area (Å²) in [5, 5.41) is 8.05. The molecule has 0 saturated heterocycles. The van der Waals surface area contributed by atoms with Crippen molar-refractivity contribution in [2.24, 2.45) is 10.9 Å². The van der Waals surface area contributed by atoms with Gasteiger partial charge >= 0.3 is 6.03 Å². The van der Waals surface area contributed by atoms with Crippen LogP contribution in [0.25, 0.3) is 0 Å². The molecule has 2 aliphatic rings. The van der Waals surface area contributed by atoms with E-state index in [1.54, 1.807) is 12.1 Å². The van der Waals surface area contributed by atoms with Crippen LogP contribution in [0.3, 0.4) is 0 Å². The van der Waals surface area contributed by atoms with E-state index in [-0.39, 0.29) is 0 Å². The van der Waals surface area contributed by atoms with E-state index in [2.05, 4.69) is 17.1 Å². The number of benzene rings is 1. The molecular weight excluding hydrogens is 398 g/mol. The number of amides is 2. The van der Waals surface area contributed by atoms with Crippen LogP contribution in [0.15, 0.2) is 29.2 Å². The first-order valence-electron chi connectivity index (χ1n) is 10.3. The lowest BCUT2D eigenvalue weighted by Crippen LogP contribution is -2.21. The van der Waals surface area contributed by atoms with Crippen LogP contribution >= 0.6 is 0 Å². The minimum atomic E-state index is -1.36. The number of rotatable bonds is 4. The predicted octanol–water partition coefficient (Wildman–Crippen LogP) is 2.84. The van der Waals surface area contributed by atoms with Crippen LogP contribution in [0.5, 0.6) is 0 Å². The summed E-state index contributed by atoms with van der Waals surface area (Å²) in [6.07, 6.45) is 5.31. The van der Waals surface area contributed by atoms with Crippen molar-refractivity contribution < 1.29 is 9.00 Å². The Hall–Kier alpha value is -2.29. The Morgan fingerprint density at radius 2 is 1.90 bits per heavy atom. The highest BCUT2D eigenvalue weighted by Gasteiger charge is 2.29. The average Bonchev–Trinajstić information content (AvgIpc) is 3.29. The van der Waals surface area contributed by atoms with Crippen LogP contribution in [-0.4, -0.2) is 34.2 Å². The predicted molar refractivity (Wildman–Crippen MR) is 121 cm³/mol. The zero-order chi connectivity index (χ0) is 21.8. The number of nitrogens with zero attached hydrogens (tertiary/aromatic N) is 2. The molecule has 30 heavy (non-hydrogen) atoms. The Bertz CT molecular complexity index is 944. The van der Waals surface area contributed by atoms with Gasteiger partial charge < -0.3 is 16.0 Å². The van der Waals surface area contributed by atoms with Crippen LogP contribution in [-0.2, 0) is 36.8 Å². The van der Waals surface area contributed by atoms with Crippen molar-refractivity contribution in [2.45, 2.75) is 56.4 Å². The van der Waals surface area contributed by atoms with E-state index >= 15 is 0 Å². The Balaban J connectivity index is 0.000000178. The van der Waals surface area contributed by atoms with Crippen LogP contribution in [0.4, 0.5) is 10.5 Å². The maximum Gasteiger partial charge on any atom is 0.316 e. The first kappa shape index (κ1) is 22.4. The fourth-order valence-electron chi connectivity index (χ4n) is 4.17. The molecule has 4 rings (SSSR count).